The van der Waals surface area contributed by atoms with Crippen LogP contribution in [-0.2, 0) is 66.4 Å². The van der Waals surface area contributed by atoms with Crippen molar-refractivity contribution in [2.75, 3.05) is 145 Å². The Morgan fingerprint density at radius 3 is 0.980 bits per heavy atom. The van der Waals surface area contributed by atoms with Gasteiger partial charge >= 0.3 is 11.9 Å². The van der Waals surface area contributed by atoms with Crippen LogP contribution in [0.25, 0.3) is 0 Å². The van der Waals surface area contributed by atoms with Gasteiger partial charge in [-0.3, -0.25) is 9.59 Å². The third-order valence-corrected chi connectivity index (χ3v) is 7.03. The molecule has 0 heterocycles. The average molecular weight is 727 g/mol. The van der Waals surface area contributed by atoms with Crippen molar-refractivity contribution in [3.63, 3.8) is 0 Å². The Morgan fingerprint density at radius 2 is 0.680 bits per heavy atom. The highest BCUT2D eigenvalue weighted by Crippen LogP contribution is 2.14. The van der Waals surface area contributed by atoms with E-state index in [1.807, 2.05) is 6.92 Å². The first kappa shape index (κ1) is 48.5. The summed E-state index contributed by atoms with van der Waals surface area (Å²) in [5.41, 5.74) is 0. The normalized spacial score (nSPS) is 12.0. The number of carbonyl (C=O) groups excluding carboxylic acids is 2. The molecule has 0 aromatic heterocycles. The molecule has 14 nitrogen and oxygen atoms in total. The van der Waals surface area contributed by atoms with Crippen molar-refractivity contribution < 1.29 is 66.4 Å². The second-order valence-corrected chi connectivity index (χ2v) is 11.2. The molecule has 0 rings (SSSR count). The van der Waals surface area contributed by atoms with Crippen LogP contribution in [0.3, 0.4) is 0 Å². The van der Waals surface area contributed by atoms with E-state index in [-0.39, 0.29) is 31.1 Å². The van der Waals surface area contributed by atoms with Crippen molar-refractivity contribution in [1.29, 1.82) is 0 Å². The Hall–Kier alpha value is -1.46. The minimum atomic E-state index is -0.162. The molecule has 0 spiro atoms. The molecule has 0 aliphatic rings. The van der Waals surface area contributed by atoms with Crippen LogP contribution in [0.1, 0.15) is 72.1 Å². The lowest BCUT2D eigenvalue weighted by atomic mass is 10.00. The highest BCUT2D eigenvalue weighted by molar-refractivity contribution is 5.72. The standard InChI is InChI=1S/C36H70O14/c1-4-7-9-11-35(37)49-32-30-47-28-26-45-24-22-43-20-18-41-16-14-39-12-13-40-15-17-42-19-21-44-23-25-46-27-29-48-31-33-50-36(38)34(6-3)10-8-5-2/h34H,4-33H2,1-3H3. The first-order chi connectivity index (χ1) is 24.7. The molecule has 0 saturated carbocycles. The molecule has 0 saturated heterocycles. The maximum Gasteiger partial charge on any atom is 0.308 e. The Kier molecular flexibility index (Phi) is 40.7. The van der Waals surface area contributed by atoms with Crippen LogP contribution in [0.15, 0.2) is 0 Å². The quantitative estimate of drug-likeness (QED) is 0.0659. The molecular formula is C36H70O14. The predicted molar refractivity (Wildman–Crippen MR) is 188 cm³/mol. The van der Waals surface area contributed by atoms with Crippen LogP contribution >= 0.6 is 0 Å². The van der Waals surface area contributed by atoms with Gasteiger partial charge in [-0.1, -0.05) is 46.5 Å². The zero-order chi connectivity index (χ0) is 36.4. The van der Waals surface area contributed by atoms with E-state index in [0.717, 1.165) is 44.9 Å². The van der Waals surface area contributed by atoms with E-state index in [2.05, 4.69) is 13.8 Å². The van der Waals surface area contributed by atoms with E-state index >= 15 is 0 Å². The van der Waals surface area contributed by atoms with Crippen molar-refractivity contribution in [2.45, 2.75) is 72.1 Å². The molecule has 0 bridgehead atoms. The molecule has 0 aliphatic carbocycles. The number of carbonyl (C=O) groups is 2. The summed E-state index contributed by atoms with van der Waals surface area (Å²) in [6.45, 7) is 16.2. The van der Waals surface area contributed by atoms with Gasteiger partial charge in [0, 0.05) is 6.42 Å². The van der Waals surface area contributed by atoms with Gasteiger partial charge in [0.2, 0.25) is 0 Å². The van der Waals surface area contributed by atoms with Crippen LogP contribution in [-0.4, -0.2) is 157 Å². The number of ether oxygens (including phenoxy) is 12. The second-order valence-electron chi connectivity index (χ2n) is 11.2. The third-order valence-electron chi connectivity index (χ3n) is 7.03. The summed E-state index contributed by atoms with van der Waals surface area (Å²) in [4.78, 5) is 23.5. The van der Waals surface area contributed by atoms with Crippen LogP contribution in [0.4, 0.5) is 0 Å². The lowest BCUT2D eigenvalue weighted by Gasteiger charge is -2.13. The van der Waals surface area contributed by atoms with Crippen molar-refractivity contribution in [2.24, 2.45) is 5.92 Å². The van der Waals surface area contributed by atoms with Gasteiger partial charge in [0.15, 0.2) is 0 Å². The van der Waals surface area contributed by atoms with E-state index in [1.165, 1.54) is 0 Å². The number of unbranched alkanes of at least 4 members (excludes halogenated alkanes) is 3. The molecule has 298 valence electrons. The fraction of sp³-hybridized carbons (Fsp3) is 0.944. The van der Waals surface area contributed by atoms with E-state index in [4.69, 9.17) is 56.8 Å². The van der Waals surface area contributed by atoms with Gasteiger partial charge in [-0.25, -0.2) is 0 Å². The molecule has 0 aromatic carbocycles. The first-order valence-corrected chi connectivity index (χ1v) is 18.7. The topological polar surface area (TPSA) is 145 Å². The van der Waals surface area contributed by atoms with Crippen LogP contribution in [0, 0.1) is 5.92 Å². The summed E-state index contributed by atoms with van der Waals surface area (Å²) >= 11 is 0. The molecular weight excluding hydrogens is 656 g/mol. The van der Waals surface area contributed by atoms with Crippen molar-refractivity contribution in [1.82, 2.24) is 0 Å². The monoisotopic (exact) mass is 726 g/mol. The average Bonchev–Trinajstić information content (AvgIpc) is 3.12. The Morgan fingerprint density at radius 1 is 0.380 bits per heavy atom. The van der Waals surface area contributed by atoms with Crippen molar-refractivity contribution in [3.8, 4) is 0 Å². The minimum absolute atomic E-state index is 0.00664. The highest BCUT2D eigenvalue weighted by atomic mass is 16.6. The lowest BCUT2D eigenvalue weighted by Crippen LogP contribution is -2.20. The van der Waals surface area contributed by atoms with E-state index in [9.17, 15) is 9.59 Å². The van der Waals surface area contributed by atoms with Gasteiger partial charge in [0.25, 0.3) is 0 Å². The zero-order valence-electron chi connectivity index (χ0n) is 31.5. The van der Waals surface area contributed by atoms with Gasteiger partial charge in [-0.05, 0) is 19.3 Å². The van der Waals surface area contributed by atoms with Gasteiger partial charge in [-0.2, -0.15) is 0 Å². The summed E-state index contributed by atoms with van der Waals surface area (Å²) in [6.07, 6.45) is 7.31. The number of esters is 2. The molecule has 0 aliphatic heterocycles. The van der Waals surface area contributed by atoms with Crippen molar-refractivity contribution >= 4 is 11.9 Å². The van der Waals surface area contributed by atoms with Gasteiger partial charge in [0.1, 0.15) is 13.2 Å². The fourth-order valence-corrected chi connectivity index (χ4v) is 4.15. The third kappa shape index (κ3) is 37.8. The minimum Gasteiger partial charge on any atom is -0.463 e. The largest absolute Gasteiger partial charge is 0.463 e. The maximum absolute atomic E-state index is 12.0. The predicted octanol–water partition coefficient (Wildman–Crippen LogP) is 4.04. The molecule has 0 aromatic rings. The zero-order valence-corrected chi connectivity index (χ0v) is 31.5. The summed E-state index contributed by atoms with van der Waals surface area (Å²) in [5.74, 6) is -0.291. The molecule has 0 radical (unpaired) electrons. The van der Waals surface area contributed by atoms with Gasteiger partial charge in [-0.15, -0.1) is 0 Å². The van der Waals surface area contributed by atoms with Gasteiger partial charge < -0.3 is 56.8 Å². The highest BCUT2D eigenvalue weighted by Gasteiger charge is 2.17. The Bertz CT molecular complexity index is 700. The van der Waals surface area contributed by atoms with Crippen LogP contribution in [0.5, 0.6) is 0 Å². The maximum atomic E-state index is 12.0. The van der Waals surface area contributed by atoms with Crippen LogP contribution < -0.4 is 0 Å². The van der Waals surface area contributed by atoms with Crippen molar-refractivity contribution in [3.05, 3.63) is 0 Å². The first-order valence-electron chi connectivity index (χ1n) is 18.7. The molecule has 1 atom stereocenters. The molecule has 1 unspecified atom stereocenters. The van der Waals surface area contributed by atoms with Crippen LogP contribution in [0.2, 0.25) is 0 Å². The number of rotatable bonds is 42. The summed E-state index contributed by atoms with van der Waals surface area (Å²) in [7, 11) is 0. The summed E-state index contributed by atoms with van der Waals surface area (Å²) < 4.78 is 65.0. The summed E-state index contributed by atoms with van der Waals surface area (Å²) in [6, 6.07) is 0. The van der Waals surface area contributed by atoms with E-state index in [1.54, 1.807) is 0 Å². The molecule has 14 heteroatoms. The smallest absolute Gasteiger partial charge is 0.308 e. The van der Waals surface area contributed by atoms with E-state index in [0.29, 0.717) is 139 Å². The number of hydrogen-bond donors (Lipinski definition) is 0. The number of hydrogen-bond acceptors (Lipinski definition) is 14. The van der Waals surface area contributed by atoms with Gasteiger partial charge in [0.05, 0.1) is 138 Å². The fourth-order valence-electron chi connectivity index (χ4n) is 4.15. The lowest BCUT2D eigenvalue weighted by molar-refractivity contribution is -0.150. The molecule has 50 heavy (non-hydrogen) atoms. The Labute approximate surface area is 301 Å². The Balaban J connectivity index is 3.16. The SMILES string of the molecule is CCCCCC(=O)OCCOCCOCCOCCOCCOCCOCCOCCOCCOCCOCCOC(=O)C(CC)CCCC. The molecule has 0 N–H and O–H groups in total. The molecule has 0 amide bonds. The second kappa shape index (κ2) is 42.0. The molecule has 0 fully saturated rings. The van der Waals surface area contributed by atoms with E-state index < -0.39 is 0 Å². The summed E-state index contributed by atoms with van der Waals surface area (Å²) in [5, 5.41) is 0.